The number of hydrogen-bond donors (Lipinski definition) is 1. The van der Waals surface area contributed by atoms with E-state index < -0.39 is 39.1 Å². The van der Waals surface area contributed by atoms with Gasteiger partial charge in [0, 0.05) is 12.6 Å². The van der Waals surface area contributed by atoms with Gasteiger partial charge in [-0.3, -0.25) is 0 Å². The number of halogens is 3. The SMILES string of the molecule is CC(C)S(=O)(=O)NCC(C)(F)c1ccc(-c2cc(F)cc(F)c2)cc1. The molecule has 0 saturated carbocycles. The predicted octanol–water partition coefficient (Wildman–Crippen LogP) is 4.14. The van der Waals surface area contributed by atoms with Crippen LogP contribution in [0.2, 0.25) is 0 Å². The molecule has 0 bridgehead atoms. The molecule has 136 valence electrons. The van der Waals surface area contributed by atoms with Crippen molar-refractivity contribution in [3.8, 4) is 11.1 Å². The standard InChI is InChI=1S/C18H20F3NO2S/c1-12(2)25(23,24)22-11-18(3,21)15-6-4-13(5-7-15)14-8-16(19)10-17(20)9-14/h4-10,12,22H,11H2,1-3H3. The highest BCUT2D eigenvalue weighted by Crippen LogP contribution is 2.28. The van der Waals surface area contributed by atoms with E-state index in [0.717, 1.165) is 6.07 Å². The van der Waals surface area contributed by atoms with Crippen LogP contribution in [0.15, 0.2) is 42.5 Å². The summed E-state index contributed by atoms with van der Waals surface area (Å²) in [5.41, 5.74) is -0.793. The number of sulfonamides is 1. The lowest BCUT2D eigenvalue weighted by atomic mass is 9.95. The van der Waals surface area contributed by atoms with Crippen LogP contribution in [0.3, 0.4) is 0 Å². The van der Waals surface area contributed by atoms with Gasteiger partial charge in [0.1, 0.15) is 17.3 Å². The summed E-state index contributed by atoms with van der Waals surface area (Å²) in [6.07, 6.45) is 0. The van der Waals surface area contributed by atoms with Crippen LogP contribution < -0.4 is 4.72 Å². The van der Waals surface area contributed by atoms with Crippen molar-refractivity contribution in [1.29, 1.82) is 0 Å². The third-order valence-electron chi connectivity index (χ3n) is 3.91. The minimum Gasteiger partial charge on any atom is -0.238 e. The van der Waals surface area contributed by atoms with E-state index in [2.05, 4.69) is 4.72 Å². The van der Waals surface area contributed by atoms with E-state index in [1.807, 2.05) is 0 Å². The fourth-order valence-electron chi connectivity index (χ4n) is 2.24. The quantitative estimate of drug-likeness (QED) is 0.829. The summed E-state index contributed by atoms with van der Waals surface area (Å²) >= 11 is 0. The highest BCUT2D eigenvalue weighted by Gasteiger charge is 2.29. The Morgan fingerprint density at radius 2 is 1.52 bits per heavy atom. The second-order valence-corrected chi connectivity index (χ2v) is 8.67. The van der Waals surface area contributed by atoms with Crippen LogP contribution in [0.4, 0.5) is 13.2 Å². The topological polar surface area (TPSA) is 46.2 Å². The Balaban J connectivity index is 2.20. The smallest absolute Gasteiger partial charge is 0.214 e. The van der Waals surface area contributed by atoms with Gasteiger partial charge in [0.05, 0.1) is 5.25 Å². The maximum atomic E-state index is 14.8. The molecule has 0 saturated heterocycles. The molecule has 2 aromatic carbocycles. The van der Waals surface area contributed by atoms with Crippen LogP contribution in [0.25, 0.3) is 11.1 Å². The van der Waals surface area contributed by atoms with Gasteiger partial charge in [-0.25, -0.2) is 26.3 Å². The molecule has 0 spiro atoms. The van der Waals surface area contributed by atoms with E-state index >= 15 is 0 Å². The molecule has 1 atom stereocenters. The van der Waals surface area contributed by atoms with Crippen LogP contribution in [0.1, 0.15) is 26.3 Å². The van der Waals surface area contributed by atoms with E-state index in [1.165, 1.54) is 45.0 Å². The minimum absolute atomic E-state index is 0.264. The summed E-state index contributed by atoms with van der Waals surface area (Å²) in [5, 5.41) is -0.659. The Labute approximate surface area is 145 Å². The zero-order chi connectivity index (χ0) is 18.8. The van der Waals surface area contributed by atoms with Crippen molar-refractivity contribution in [1.82, 2.24) is 4.72 Å². The number of benzene rings is 2. The minimum atomic E-state index is -3.57. The fraction of sp³-hybridized carbons (Fsp3) is 0.333. The maximum absolute atomic E-state index is 14.8. The second kappa shape index (κ2) is 7.17. The van der Waals surface area contributed by atoms with Crippen molar-refractivity contribution in [2.24, 2.45) is 0 Å². The number of rotatable bonds is 6. The molecule has 0 fully saturated rings. The molecule has 0 heterocycles. The van der Waals surface area contributed by atoms with E-state index in [4.69, 9.17) is 0 Å². The monoisotopic (exact) mass is 371 g/mol. The summed E-state index contributed by atoms with van der Waals surface area (Å²) in [6, 6.07) is 9.17. The van der Waals surface area contributed by atoms with Gasteiger partial charge >= 0.3 is 0 Å². The van der Waals surface area contributed by atoms with Gasteiger partial charge < -0.3 is 0 Å². The first-order valence-electron chi connectivity index (χ1n) is 7.76. The number of hydrogen-bond acceptors (Lipinski definition) is 2. The van der Waals surface area contributed by atoms with Crippen LogP contribution >= 0.6 is 0 Å². The first-order chi connectivity index (χ1) is 11.5. The van der Waals surface area contributed by atoms with Crippen molar-refractivity contribution in [3.05, 3.63) is 59.7 Å². The molecule has 7 heteroatoms. The molecular weight excluding hydrogens is 351 g/mol. The van der Waals surface area contributed by atoms with Crippen molar-refractivity contribution >= 4 is 10.0 Å². The highest BCUT2D eigenvalue weighted by atomic mass is 32.2. The Morgan fingerprint density at radius 1 is 1.00 bits per heavy atom. The van der Waals surface area contributed by atoms with Gasteiger partial charge in [-0.2, -0.15) is 0 Å². The molecule has 0 radical (unpaired) electrons. The zero-order valence-corrected chi connectivity index (χ0v) is 15.0. The van der Waals surface area contributed by atoms with Crippen LogP contribution in [-0.4, -0.2) is 20.2 Å². The van der Waals surface area contributed by atoms with Gasteiger partial charge in [-0.1, -0.05) is 24.3 Å². The van der Waals surface area contributed by atoms with E-state index in [0.29, 0.717) is 11.1 Å². The fourth-order valence-corrected chi connectivity index (χ4v) is 3.04. The normalized spacial score (nSPS) is 14.5. The van der Waals surface area contributed by atoms with Crippen molar-refractivity contribution in [2.45, 2.75) is 31.7 Å². The first-order valence-corrected chi connectivity index (χ1v) is 9.30. The largest absolute Gasteiger partial charge is 0.238 e. The molecule has 1 unspecified atom stereocenters. The third-order valence-corrected chi connectivity index (χ3v) is 5.70. The Morgan fingerprint density at radius 3 is 2.00 bits per heavy atom. The number of alkyl halides is 1. The molecule has 0 amide bonds. The van der Waals surface area contributed by atoms with Crippen molar-refractivity contribution < 1.29 is 21.6 Å². The third kappa shape index (κ3) is 4.83. The molecule has 0 aliphatic rings. The Hall–Kier alpha value is -1.86. The van der Waals surface area contributed by atoms with E-state index in [-0.39, 0.29) is 5.56 Å². The summed E-state index contributed by atoms with van der Waals surface area (Å²) in [5.74, 6) is -1.39. The Bertz CT molecular complexity index is 827. The van der Waals surface area contributed by atoms with E-state index in [9.17, 15) is 21.6 Å². The molecule has 0 aromatic heterocycles. The molecular formula is C18H20F3NO2S. The lowest BCUT2D eigenvalue weighted by Crippen LogP contribution is -2.39. The van der Waals surface area contributed by atoms with Crippen molar-refractivity contribution in [3.63, 3.8) is 0 Å². The average Bonchev–Trinajstić information content (AvgIpc) is 2.52. The van der Waals surface area contributed by atoms with Gasteiger partial charge in [-0.15, -0.1) is 0 Å². The molecule has 1 N–H and O–H groups in total. The highest BCUT2D eigenvalue weighted by molar-refractivity contribution is 7.90. The van der Waals surface area contributed by atoms with Crippen LogP contribution in [-0.2, 0) is 15.7 Å². The van der Waals surface area contributed by atoms with Crippen LogP contribution in [0, 0.1) is 11.6 Å². The van der Waals surface area contributed by atoms with E-state index in [1.54, 1.807) is 12.1 Å². The number of nitrogens with one attached hydrogen (secondary N) is 1. The van der Waals surface area contributed by atoms with Crippen molar-refractivity contribution in [2.75, 3.05) is 6.54 Å². The predicted molar refractivity (Wildman–Crippen MR) is 92.3 cm³/mol. The molecule has 0 aliphatic carbocycles. The summed E-state index contributed by atoms with van der Waals surface area (Å²) < 4.78 is 67.2. The lowest BCUT2D eigenvalue weighted by Gasteiger charge is -2.22. The molecule has 2 aromatic rings. The molecule has 0 aliphatic heterocycles. The summed E-state index contributed by atoms with van der Waals surface area (Å²) in [7, 11) is -3.57. The molecule has 2 rings (SSSR count). The van der Waals surface area contributed by atoms with Gasteiger partial charge in [-0.05, 0) is 49.6 Å². The lowest BCUT2D eigenvalue weighted by molar-refractivity contribution is 0.196. The van der Waals surface area contributed by atoms with Crippen LogP contribution in [0.5, 0.6) is 0 Å². The molecule has 3 nitrogen and oxygen atoms in total. The van der Waals surface area contributed by atoms with Gasteiger partial charge in [0.25, 0.3) is 0 Å². The second-order valence-electron chi connectivity index (χ2n) is 6.35. The van der Waals surface area contributed by atoms with Gasteiger partial charge in [0.15, 0.2) is 0 Å². The zero-order valence-electron chi connectivity index (χ0n) is 14.2. The Kier molecular flexibility index (Phi) is 5.58. The maximum Gasteiger partial charge on any atom is 0.214 e. The summed E-state index contributed by atoms with van der Waals surface area (Å²) in [4.78, 5) is 0. The first kappa shape index (κ1) is 19.5. The average molecular weight is 371 g/mol. The van der Waals surface area contributed by atoms with Gasteiger partial charge in [0.2, 0.25) is 10.0 Å². The summed E-state index contributed by atoms with van der Waals surface area (Å²) in [6.45, 7) is 3.88. The molecule has 25 heavy (non-hydrogen) atoms.